The van der Waals surface area contributed by atoms with Crippen LogP contribution in [0.15, 0.2) is 4.52 Å². The first-order valence-corrected chi connectivity index (χ1v) is 9.69. The third kappa shape index (κ3) is 3.31. The fourth-order valence-electron chi connectivity index (χ4n) is 3.62. The number of fused-ring (bicyclic) bond motifs is 1. The molecule has 2 saturated heterocycles. The Morgan fingerprint density at radius 1 is 1.43 bits per heavy atom. The van der Waals surface area contributed by atoms with Crippen molar-refractivity contribution in [2.75, 3.05) is 38.6 Å². The van der Waals surface area contributed by atoms with Gasteiger partial charge in [-0.15, -0.1) is 0 Å². The summed E-state index contributed by atoms with van der Waals surface area (Å²) in [5, 5.41) is 4.01. The molecule has 0 amide bonds. The van der Waals surface area contributed by atoms with Crippen LogP contribution in [-0.2, 0) is 21.3 Å². The molecule has 1 aromatic heterocycles. The molecule has 0 aromatic carbocycles. The Morgan fingerprint density at radius 3 is 2.87 bits per heavy atom. The summed E-state index contributed by atoms with van der Waals surface area (Å²) in [6, 6.07) is 0. The van der Waals surface area contributed by atoms with E-state index in [2.05, 4.69) is 14.8 Å². The van der Waals surface area contributed by atoms with E-state index >= 15 is 0 Å². The van der Waals surface area contributed by atoms with Crippen molar-refractivity contribution < 1.29 is 17.7 Å². The van der Waals surface area contributed by atoms with Crippen molar-refractivity contribution in [2.24, 2.45) is 11.3 Å². The van der Waals surface area contributed by atoms with E-state index in [4.69, 9.17) is 9.26 Å². The largest absolute Gasteiger partial charge is 0.380 e. The van der Waals surface area contributed by atoms with Crippen LogP contribution in [0.25, 0.3) is 0 Å². The molecule has 1 N–H and O–H groups in total. The van der Waals surface area contributed by atoms with Gasteiger partial charge in [-0.05, 0) is 20.8 Å². The van der Waals surface area contributed by atoms with Crippen LogP contribution in [0, 0.1) is 25.2 Å². The van der Waals surface area contributed by atoms with E-state index in [1.165, 1.54) is 0 Å². The minimum absolute atomic E-state index is 0.109. The first-order chi connectivity index (χ1) is 10.9. The minimum atomic E-state index is -3.18. The molecule has 0 spiro atoms. The summed E-state index contributed by atoms with van der Waals surface area (Å²) in [5.74, 6) is 1.33. The molecule has 0 saturated carbocycles. The number of hydrogen-bond donors (Lipinski definition) is 1. The Kier molecular flexibility index (Phi) is 4.52. The number of rotatable bonds is 6. The van der Waals surface area contributed by atoms with Gasteiger partial charge in [0.25, 0.3) is 0 Å². The fourth-order valence-corrected chi connectivity index (χ4v) is 4.33. The molecule has 2 atom stereocenters. The van der Waals surface area contributed by atoms with E-state index in [0.717, 1.165) is 36.7 Å². The summed E-state index contributed by atoms with van der Waals surface area (Å²) < 4.78 is 37.2. The lowest BCUT2D eigenvalue weighted by Gasteiger charge is -2.27. The zero-order valence-electron chi connectivity index (χ0n) is 14.0. The average molecular weight is 343 g/mol. The lowest BCUT2D eigenvalue weighted by molar-refractivity contribution is 0.128. The molecule has 0 unspecified atom stereocenters. The van der Waals surface area contributed by atoms with Gasteiger partial charge in [-0.2, -0.15) is 0 Å². The van der Waals surface area contributed by atoms with Crippen molar-refractivity contribution >= 4 is 10.0 Å². The molecule has 3 heterocycles. The number of nitrogens with one attached hydrogen (secondary N) is 1. The first-order valence-electron chi connectivity index (χ1n) is 8.04. The third-order valence-electron chi connectivity index (χ3n) is 5.18. The van der Waals surface area contributed by atoms with Crippen LogP contribution < -0.4 is 4.72 Å². The minimum Gasteiger partial charge on any atom is -0.380 e. The lowest BCUT2D eigenvalue weighted by Crippen LogP contribution is -2.43. The van der Waals surface area contributed by atoms with Crippen molar-refractivity contribution in [1.29, 1.82) is 0 Å². The van der Waals surface area contributed by atoms with E-state index in [1.54, 1.807) is 6.92 Å². The maximum atomic E-state index is 11.8. The Balaban J connectivity index is 1.70. The molecular weight excluding hydrogens is 318 g/mol. The summed E-state index contributed by atoms with van der Waals surface area (Å²) >= 11 is 0. The monoisotopic (exact) mass is 343 g/mol. The van der Waals surface area contributed by atoms with Gasteiger partial charge in [0.1, 0.15) is 5.76 Å². The zero-order chi connectivity index (χ0) is 16.7. The highest BCUT2D eigenvalue weighted by Crippen LogP contribution is 2.41. The van der Waals surface area contributed by atoms with Crippen molar-refractivity contribution in [3.05, 3.63) is 17.0 Å². The third-order valence-corrected chi connectivity index (χ3v) is 6.52. The van der Waals surface area contributed by atoms with Gasteiger partial charge in [-0.3, -0.25) is 4.90 Å². The molecule has 0 bridgehead atoms. The van der Waals surface area contributed by atoms with E-state index in [0.29, 0.717) is 25.7 Å². The van der Waals surface area contributed by atoms with Gasteiger partial charge >= 0.3 is 0 Å². The second-order valence-corrected chi connectivity index (χ2v) is 8.87. The molecule has 2 aliphatic heterocycles. The van der Waals surface area contributed by atoms with Gasteiger partial charge in [0.2, 0.25) is 10.0 Å². The van der Waals surface area contributed by atoms with Crippen LogP contribution in [0.3, 0.4) is 0 Å². The number of sulfonamides is 1. The second-order valence-electron chi connectivity index (χ2n) is 6.77. The van der Waals surface area contributed by atoms with Crippen molar-refractivity contribution in [2.45, 2.75) is 27.3 Å². The summed E-state index contributed by atoms with van der Waals surface area (Å²) in [5.41, 5.74) is 1.94. The summed E-state index contributed by atoms with van der Waals surface area (Å²) in [6.07, 6.45) is 0. The second kappa shape index (κ2) is 6.16. The standard InChI is InChI=1S/C15H25N3O4S/c1-4-23(19,20)16-8-15-9-18(5-13(15)7-21-10-15)6-14-11(2)17-22-12(14)3/h13,16H,4-10H2,1-3H3/t13-,15+/m1/s1. The van der Waals surface area contributed by atoms with Gasteiger partial charge in [0.15, 0.2) is 0 Å². The quantitative estimate of drug-likeness (QED) is 0.818. The van der Waals surface area contributed by atoms with Gasteiger partial charge in [0, 0.05) is 43.1 Å². The smallest absolute Gasteiger partial charge is 0.211 e. The fraction of sp³-hybridized carbons (Fsp3) is 0.800. The average Bonchev–Trinajstić information content (AvgIpc) is 3.13. The predicted molar refractivity (Wildman–Crippen MR) is 85.5 cm³/mol. The summed E-state index contributed by atoms with van der Waals surface area (Å²) in [7, 11) is -3.18. The van der Waals surface area contributed by atoms with Crippen LogP contribution in [-0.4, -0.2) is 57.1 Å². The summed E-state index contributed by atoms with van der Waals surface area (Å²) in [4.78, 5) is 2.36. The maximum Gasteiger partial charge on any atom is 0.211 e. The van der Waals surface area contributed by atoms with E-state index in [1.807, 2.05) is 13.8 Å². The highest BCUT2D eigenvalue weighted by molar-refractivity contribution is 7.89. The molecule has 23 heavy (non-hydrogen) atoms. The highest BCUT2D eigenvalue weighted by Gasteiger charge is 2.50. The SMILES string of the molecule is CCS(=O)(=O)NC[C@]12COC[C@H]1CN(Cc1c(C)noc1C)C2. The predicted octanol–water partition coefficient (Wildman–Crippen LogP) is 0.679. The molecule has 7 nitrogen and oxygen atoms in total. The molecule has 130 valence electrons. The van der Waals surface area contributed by atoms with E-state index in [-0.39, 0.29) is 11.2 Å². The van der Waals surface area contributed by atoms with Gasteiger partial charge < -0.3 is 9.26 Å². The molecule has 3 rings (SSSR count). The molecule has 2 fully saturated rings. The highest BCUT2D eigenvalue weighted by atomic mass is 32.2. The van der Waals surface area contributed by atoms with Crippen LogP contribution in [0.5, 0.6) is 0 Å². The van der Waals surface area contributed by atoms with Crippen molar-refractivity contribution in [1.82, 2.24) is 14.8 Å². The molecule has 0 radical (unpaired) electrons. The van der Waals surface area contributed by atoms with Crippen molar-refractivity contribution in [3.8, 4) is 0 Å². The Hall–Kier alpha value is -0.960. The molecule has 8 heteroatoms. The number of ether oxygens (including phenoxy) is 1. The number of likely N-dealkylation sites (tertiary alicyclic amines) is 1. The molecule has 0 aliphatic carbocycles. The first kappa shape index (κ1) is 16.9. The van der Waals surface area contributed by atoms with E-state index in [9.17, 15) is 8.42 Å². The molecular formula is C15H25N3O4S. The Labute approximate surface area is 137 Å². The van der Waals surface area contributed by atoms with Crippen LogP contribution in [0.2, 0.25) is 0 Å². The van der Waals surface area contributed by atoms with Gasteiger partial charge in [-0.1, -0.05) is 5.16 Å². The molecule has 1 aromatic rings. The number of aryl methyl sites for hydroxylation is 2. The maximum absolute atomic E-state index is 11.8. The van der Waals surface area contributed by atoms with Crippen molar-refractivity contribution in [3.63, 3.8) is 0 Å². The zero-order valence-corrected chi connectivity index (χ0v) is 14.8. The number of aromatic nitrogens is 1. The number of hydrogen-bond acceptors (Lipinski definition) is 6. The Bertz CT molecular complexity index is 653. The normalized spacial score (nSPS) is 28.4. The Morgan fingerprint density at radius 2 is 2.22 bits per heavy atom. The number of nitrogens with zero attached hydrogens (tertiary/aromatic N) is 2. The van der Waals surface area contributed by atoms with Gasteiger partial charge in [-0.25, -0.2) is 13.1 Å². The molecule has 2 aliphatic rings. The van der Waals surface area contributed by atoms with Crippen LogP contribution in [0.4, 0.5) is 0 Å². The summed E-state index contributed by atoms with van der Waals surface area (Å²) in [6.45, 7) is 9.84. The van der Waals surface area contributed by atoms with Crippen LogP contribution >= 0.6 is 0 Å². The van der Waals surface area contributed by atoms with Crippen LogP contribution in [0.1, 0.15) is 23.9 Å². The topological polar surface area (TPSA) is 84.7 Å². The lowest BCUT2D eigenvalue weighted by atomic mass is 9.81. The van der Waals surface area contributed by atoms with Gasteiger partial charge in [0.05, 0.1) is 24.7 Å². The van der Waals surface area contributed by atoms with E-state index < -0.39 is 10.0 Å².